The molecule has 1 heterocycles. The van der Waals surface area contributed by atoms with Crippen molar-refractivity contribution in [1.29, 1.82) is 0 Å². The van der Waals surface area contributed by atoms with Gasteiger partial charge in [0.1, 0.15) is 5.82 Å². The predicted octanol–water partition coefficient (Wildman–Crippen LogP) is 4.96. The fraction of sp³-hybridized carbons (Fsp3) is 0.294. The molecule has 2 aromatic rings. The number of nitrogens with one attached hydrogen (secondary N) is 1. The van der Waals surface area contributed by atoms with Gasteiger partial charge in [0.25, 0.3) is 0 Å². The monoisotopic (exact) mass is 349 g/mol. The van der Waals surface area contributed by atoms with Crippen LogP contribution in [-0.4, -0.2) is 15.7 Å². The maximum absolute atomic E-state index is 12.1. The third-order valence-electron chi connectivity index (χ3n) is 3.99. The molecule has 1 amide bonds. The van der Waals surface area contributed by atoms with Crippen LogP contribution in [0.5, 0.6) is 0 Å². The van der Waals surface area contributed by atoms with Crippen LogP contribution in [0.1, 0.15) is 37.3 Å². The van der Waals surface area contributed by atoms with Crippen molar-refractivity contribution in [3.63, 3.8) is 0 Å². The van der Waals surface area contributed by atoms with E-state index in [-0.39, 0.29) is 5.91 Å². The lowest BCUT2D eigenvalue weighted by molar-refractivity contribution is -0.111. The van der Waals surface area contributed by atoms with Gasteiger partial charge in [-0.3, -0.25) is 4.79 Å². The first-order valence-corrected chi connectivity index (χ1v) is 8.37. The molecule has 1 aliphatic rings. The number of hydrogen-bond acceptors (Lipinski definition) is 2. The number of nitrogens with zero attached hydrogens (tertiary/aromatic N) is 2. The van der Waals surface area contributed by atoms with Gasteiger partial charge in [-0.2, -0.15) is 5.10 Å². The van der Waals surface area contributed by atoms with Crippen molar-refractivity contribution >= 4 is 41.0 Å². The summed E-state index contributed by atoms with van der Waals surface area (Å²) in [6, 6.07) is 7.51. The Hall–Kier alpha value is -1.78. The summed E-state index contributed by atoms with van der Waals surface area (Å²) in [5.74, 6) is 0.504. The Balaban J connectivity index is 1.69. The number of hydrogen-bond donors (Lipinski definition) is 1. The van der Waals surface area contributed by atoms with Gasteiger partial charge in [0.05, 0.1) is 22.3 Å². The number of rotatable bonds is 4. The highest BCUT2D eigenvalue weighted by atomic mass is 35.5. The minimum absolute atomic E-state index is 0.221. The second kappa shape index (κ2) is 7.20. The molecule has 23 heavy (non-hydrogen) atoms. The molecule has 6 heteroatoms. The van der Waals surface area contributed by atoms with Crippen LogP contribution in [0.2, 0.25) is 10.0 Å². The number of anilines is 1. The van der Waals surface area contributed by atoms with Gasteiger partial charge in [-0.1, -0.05) is 48.2 Å². The molecule has 0 atom stereocenters. The minimum Gasteiger partial charge on any atom is -0.307 e. The summed E-state index contributed by atoms with van der Waals surface area (Å²) >= 11 is 12.1. The number of carbonyl (C=O) groups is 1. The summed E-state index contributed by atoms with van der Waals surface area (Å²) in [6.45, 7) is 0. The molecule has 1 saturated carbocycles. The first kappa shape index (κ1) is 16.1. The van der Waals surface area contributed by atoms with E-state index in [4.69, 9.17) is 23.2 Å². The van der Waals surface area contributed by atoms with E-state index in [2.05, 4.69) is 10.4 Å². The zero-order chi connectivity index (χ0) is 16.2. The summed E-state index contributed by atoms with van der Waals surface area (Å²) in [5, 5.41) is 8.11. The molecule has 0 spiro atoms. The molecule has 1 fully saturated rings. The molecule has 0 bridgehead atoms. The van der Waals surface area contributed by atoms with Gasteiger partial charge in [0, 0.05) is 12.1 Å². The molecule has 0 saturated heterocycles. The Kier molecular flexibility index (Phi) is 5.03. The Bertz CT molecular complexity index is 733. The smallest absolute Gasteiger partial charge is 0.249 e. The van der Waals surface area contributed by atoms with E-state index in [1.165, 1.54) is 18.9 Å². The molecule has 0 aliphatic heterocycles. The standard InChI is InChI=1S/C17H17Cl2N3O/c18-14-7-3-4-12(17(14)19)8-9-16(23)21-15-10-11-20-22(15)13-5-1-2-6-13/h3-4,7-11,13H,1-2,5-6H2,(H,21,23)/b9-8+. The van der Waals surface area contributed by atoms with Crippen molar-refractivity contribution in [2.45, 2.75) is 31.7 Å². The van der Waals surface area contributed by atoms with Gasteiger partial charge in [0.2, 0.25) is 5.91 Å². The van der Waals surface area contributed by atoms with Crippen molar-refractivity contribution in [3.8, 4) is 0 Å². The average molecular weight is 350 g/mol. The van der Waals surface area contributed by atoms with E-state index in [0.29, 0.717) is 21.7 Å². The largest absolute Gasteiger partial charge is 0.307 e. The molecule has 1 aliphatic carbocycles. The first-order chi connectivity index (χ1) is 11.1. The summed E-state index contributed by atoms with van der Waals surface area (Å²) in [4.78, 5) is 12.1. The first-order valence-electron chi connectivity index (χ1n) is 7.62. The maximum atomic E-state index is 12.1. The quantitative estimate of drug-likeness (QED) is 0.793. The SMILES string of the molecule is O=C(/C=C/c1cccc(Cl)c1Cl)Nc1ccnn1C1CCCC1. The summed E-state index contributed by atoms with van der Waals surface area (Å²) in [5.41, 5.74) is 0.707. The van der Waals surface area contributed by atoms with Gasteiger partial charge in [-0.25, -0.2) is 4.68 Å². The zero-order valence-corrected chi connectivity index (χ0v) is 14.0. The molecule has 3 rings (SSSR count). The number of aromatic nitrogens is 2. The van der Waals surface area contributed by atoms with Crippen molar-refractivity contribution in [1.82, 2.24) is 9.78 Å². The molecule has 120 valence electrons. The van der Waals surface area contributed by atoms with Crippen LogP contribution in [-0.2, 0) is 4.79 Å². The van der Waals surface area contributed by atoms with E-state index in [9.17, 15) is 4.79 Å². The van der Waals surface area contributed by atoms with Crippen LogP contribution in [0.4, 0.5) is 5.82 Å². The molecular weight excluding hydrogens is 333 g/mol. The Morgan fingerprint density at radius 2 is 2.04 bits per heavy atom. The van der Waals surface area contributed by atoms with Crippen LogP contribution >= 0.6 is 23.2 Å². The van der Waals surface area contributed by atoms with Crippen LogP contribution in [0.3, 0.4) is 0 Å². The van der Waals surface area contributed by atoms with Crippen molar-refractivity contribution in [2.75, 3.05) is 5.32 Å². The van der Waals surface area contributed by atoms with Crippen molar-refractivity contribution < 1.29 is 4.79 Å². The Morgan fingerprint density at radius 3 is 2.83 bits per heavy atom. The van der Waals surface area contributed by atoms with E-state index >= 15 is 0 Å². The van der Waals surface area contributed by atoms with Gasteiger partial charge in [-0.15, -0.1) is 0 Å². The normalized spacial score (nSPS) is 15.4. The highest BCUT2D eigenvalue weighted by molar-refractivity contribution is 6.42. The molecular formula is C17H17Cl2N3O. The van der Waals surface area contributed by atoms with E-state index in [1.807, 2.05) is 10.7 Å². The van der Waals surface area contributed by atoms with Crippen molar-refractivity contribution in [2.24, 2.45) is 0 Å². The highest BCUT2D eigenvalue weighted by Crippen LogP contribution is 2.31. The van der Waals surface area contributed by atoms with Crippen LogP contribution in [0.25, 0.3) is 6.08 Å². The third kappa shape index (κ3) is 3.77. The minimum atomic E-state index is -0.221. The fourth-order valence-corrected chi connectivity index (χ4v) is 3.21. The summed E-state index contributed by atoms with van der Waals surface area (Å²) in [7, 11) is 0. The van der Waals surface area contributed by atoms with Crippen molar-refractivity contribution in [3.05, 3.63) is 52.1 Å². The lowest BCUT2D eigenvalue weighted by atomic mass is 10.2. The number of amides is 1. The number of halogens is 2. The zero-order valence-electron chi connectivity index (χ0n) is 12.5. The average Bonchev–Trinajstić information content (AvgIpc) is 3.19. The van der Waals surface area contributed by atoms with Gasteiger partial charge < -0.3 is 5.32 Å². The van der Waals surface area contributed by atoms with E-state index in [0.717, 1.165) is 18.7 Å². The molecule has 4 nitrogen and oxygen atoms in total. The van der Waals surface area contributed by atoms with E-state index in [1.54, 1.807) is 30.5 Å². The second-order valence-corrected chi connectivity index (χ2v) is 6.35. The topological polar surface area (TPSA) is 46.9 Å². The van der Waals surface area contributed by atoms with E-state index < -0.39 is 0 Å². The molecule has 0 radical (unpaired) electrons. The molecule has 1 aromatic heterocycles. The van der Waals surface area contributed by atoms with Gasteiger partial charge in [0.15, 0.2) is 0 Å². The Labute approximate surface area is 145 Å². The second-order valence-electron chi connectivity index (χ2n) is 5.56. The molecule has 1 aromatic carbocycles. The lowest BCUT2D eigenvalue weighted by Crippen LogP contribution is -2.15. The molecule has 0 unspecified atom stereocenters. The lowest BCUT2D eigenvalue weighted by Gasteiger charge is -2.13. The maximum Gasteiger partial charge on any atom is 0.249 e. The van der Waals surface area contributed by atoms with Crippen LogP contribution in [0, 0.1) is 0 Å². The van der Waals surface area contributed by atoms with Crippen LogP contribution < -0.4 is 5.32 Å². The van der Waals surface area contributed by atoms with Gasteiger partial charge in [-0.05, 0) is 30.5 Å². The third-order valence-corrected chi connectivity index (χ3v) is 4.82. The van der Waals surface area contributed by atoms with Gasteiger partial charge >= 0.3 is 0 Å². The predicted molar refractivity (Wildman–Crippen MR) is 93.9 cm³/mol. The highest BCUT2D eigenvalue weighted by Gasteiger charge is 2.20. The summed E-state index contributed by atoms with van der Waals surface area (Å²) < 4.78 is 1.91. The fourth-order valence-electron chi connectivity index (χ4n) is 2.84. The number of benzene rings is 1. The van der Waals surface area contributed by atoms with Crippen LogP contribution in [0.15, 0.2) is 36.5 Å². The number of carbonyl (C=O) groups excluding carboxylic acids is 1. The molecule has 1 N–H and O–H groups in total. The summed E-state index contributed by atoms with van der Waals surface area (Å²) in [6.07, 6.45) is 9.46. The Morgan fingerprint density at radius 1 is 1.26 bits per heavy atom.